The van der Waals surface area contributed by atoms with Crippen LogP contribution in [-0.2, 0) is 19.1 Å². The molecule has 3 atom stereocenters. The third-order valence-electron chi connectivity index (χ3n) is 6.99. The third-order valence-corrected chi connectivity index (χ3v) is 6.99. The molecule has 2 aromatic rings. The predicted octanol–water partition coefficient (Wildman–Crippen LogP) is 5.32. The first kappa shape index (κ1) is 26.2. The van der Waals surface area contributed by atoms with E-state index in [1.165, 1.54) is 6.92 Å². The van der Waals surface area contributed by atoms with E-state index in [1.807, 2.05) is 45.0 Å². The summed E-state index contributed by atoms with van der Waals surface area (Å²) >= 11 is 0. The minimum atomic E-state index is -0.580. The molecule has 0 unspecified atom stereocenters. The number of ketones is 1. The Kier molecular flexibility index (Phi) is 7.81. The summed E-state index contributed by atoms with van der Waals surface area (Å²) in [6, 6.07) is 14.7. The molecular weight excluding hydrogens is 470 g/mol. The van der Waals surface area contributed by atoms with Crippen molar-refractivity contribution in [1.82, 2.24) is 5.32 Å². The van der Waals surface area contributed by atoms with Gasteiger partial charge in [-0.1, -0.05) is 31.2 Å². The van der Waals surface area contributed by atoms with Crippen molar-refractivity contribution in [3.05, 3.63) is 82.2 Å². The fourth-order valence-electron chi connectivity index (χ4n) is 4.98. The molecule has 1 N–H and O–H groups in total. The molecule has 0 bridgehead atoms. The summed E-state index contributed by atoms with van der Waals surface area (Å²) in [5, 5.41) is 3.37. The summed E-state index contributed by atoms with van der Waals surface area (Å²) in [5.41, 5.74) is 4.33. The molecule has 1 aliphatic carbocycles. The zero-order chi connectivity index (χ0) is 26.7. The molecule has 0 saturated heterocycles. The maximum Gasteiger partial charge on any atom is 0.337 e. The molecule has 194 valence electrons. The number of Topliss-reactive ketones (excluding diaryl/α,β-unsaturated/α-hetero) is 1. The number of rotatable bonds is 7. The molecule has 1 heterocycles. The Labute approximate surface area is 217 Å². The van der Waals surface area contributed by atoms with Crippen molar-refractivity contribution < 1.29 is 28.6 Å². The molecule has 0 amide bonds. The highest BCUT2D eigenvalue weighted by Crippen LogP contribution is 2.46. The Morgan fingerprint density at radius 3 is 2.22 bits per heavy atom. The molecule has 0 fully saturated rings. The van der Waals surface area contributed by atoms with Gasteiger partial charge in [-0.2, -0.15) is 0 Å². The number of hydrogen-bond acceptors (Lipinski definition) is 7. The molecular formula is C30H33NO6. The van der Waals surface area contributed by atoms with Crippen LogP contribution in [0, 0.1) is 0 Å². The van der Waals surface area contributed by atoms with Gasteiger partial charge in [0.25, 0.3) is 0 Å². The summed E-state index contributed by atoms with van der Waals surface area (Å²) in [6.07, 6.45) is 1.41. The molecule has 37 heavy (non-hydrogen) atoms. The molecule has 0 saturated carbocycles. The number of hydrogen-bond donors (Lipinski definition) is 1. The average molecular weight is 504 g/mol. The van der Waals surface area contributed by atoms with Crippen molar-refractivity contribution in [3.63, 3.8) is 0 Å². The monoisotopic (exact) mass is 503 g/mol. The maximum absolute atomic E-state index is 13.7. The van der Waals surface area contributed by atoms with Crippen LogP contribution in [0.2, 0.25) is 0 Å². The minimum Gasteiger partial charge on any atom is -0.497 e. The highest BCUT2D eigenvalue weighted by atomic mass is 16.5. The van der Waals surface area contributed by atoms with Gasteiger partial charge in [0.1, 0.15) is 11.5 Å². The molecule has 4 rings (SSSR count). The Balaban J connectivity index is 1.74. The number of ether oxygens (including phenoxy) is 3. The lowest BCUT2D eigenvalue weighted by molar-refractivity contribution is -0.144. The number of allylic oxidation sites excluding steroid dienone is 3. The van der Waals surface area contributed by atoms with E-state index in [0.717, 1.165) is 22.6 Å². The van der Waals surface area contributed by atoms with Crippen LogP contribution in [0.1, 0.15) is 69.9 Å². The number of carbonyl (C=O) groups is 3. The zero-order valence-corrected chi connectivity index (χ0v) is 21.9. The van der Waals surface area contributed by atoms with Crippen molar-refractivity contribution >= 4 is 17.7 Å². The van der Waals surface area contributed by atoms with Crippen molar-refractivity contribution in [3.8, 4) is 11.5 Å². The molecule has 0 radical (unpaired) electrons. The van der Waals surface area contributed by atoms with Crippen molar-refractivity contribution in [2.45, 2.75) is 64.9 Å². The molecule has 0 spiro atoms. The van der Waals surface area contributed by atoms with E-state index in [-0.39, 0.29) is 17.8 Å². The summed E-state index contributed by atoms with van der Waals surface area (Å²) in [7, 11) is 1.63. The van der Waals surface area contributed by atoms with E-state index >= 15 is 0 Å². The van der Waals surface area contributed by atoms with Gasteiger partial charge in [-0.15, -0.1) is 0 Å². The van der Waals surface area contributed by atoms with E-state index in [1.54, 1.807) is 31.4 Å². The van der Waals surface area contributed by atoms with Crippen LogP contribution >= 0.6 is 0 Å². The van der Waals surface area contributed by atoms with Crippen molar-refractivity contribution in [2.24, 2.45) is 0 Å². The van der Waals surface area contributed by atoms with Crippen LogP contribution in [0.25, 0.3) is 0 Å². The number of benzene rings is 2. The third kappa shape index (κ3) is 5.61. The lowest BCUT2D eigenvalue weighted by Crippen LogP contribution is -2.36. The first-order valence-corrected chi connectivity index (χ1v) is 12.6. The zero-order valence-electron chi connectivity index (χ0n) is 21.9. The van der Waals surface area contributed by atoms with Crippen LogP contribution in [0.4, 0.5) is 0 Å². The van der Waals surface area contributed by atoms with Crippen LogP contribution in [0.3, 0.4) is 0 Å². The van der Waals surface area contributed by atoms with Crippen molar-refractivity contribution in [2.75, 3.05) is 7.11 Å². The highest BCUT2D eigenvalue weighted by molar-refractivity contribution is 6.04. The summed E-state index contributed by atoms with van der Waals surface area (Å²) in [6.45, 7) is 6.99. The van der Waals surface area contributed by atoms with Crippen LogP contribution in [-0.4, -0.2) is 30.9 Å². The summed E-state index contributed by atoms with van der Waals surface area (Å²) in [4.78, 5) is 38.5. The smallest absolute Gasteiger partial charge is 0.337 e. The largest absolute Gasteiger partial charge is 0.497 e. The Morgan fingerprint density at radius 2 is 1.62 bits per heavy atom. The van der Waals surface area contributed by atoms with Gasteiger partial charge < -0.3 is 19.5 Å². The first-order chi connectivity index (χ1) is 17.7. The highest BCUT2D eigenvalue weighted by Gasteiger charge is 2.41. The molecule has 2 aromatic carbocycles. The first-order valence-electron chi connectivity index (χ1n) is 12.6. The van der Waals surface area contributed by atoms with Gasteiger partial charge >= 0.3 is 11.9 Å². The molecule has 0 aromatic heterocycles. The summed E-state index contributed by atoms with van der Waals surface area (Å²) in [5.74, 6) is -0.266. The number of nitrogens with one attached hydrogen (secondary N) is 1. The molecule has 1 aliphatic heterocycles. The minimum absolute atomic E-state index is 0.00929. The average Bonchev–Trinajstić information content (AvgIpc) is 2.87. The molecule has 7 heteroatoms. The number of dihydropyridines is 1. The van der Waals surface area contributed by atoms with Crippen LogP contribution in [0.15, 0.2) is 71.1 Å². The van der Waals surface area contributed by atoms with Crippen LogP contribution < -0.4 is 14.8 Å². The van der Waals surface area contributed by atoms with Gasteiger partial charge in [-0.05, 0) is 68.0 Å². The Bertz CT molecular complexity index is 1260. The SMILES string of the molecule is CC[C@H](C)OC(=O)C1=C(C)NC2=C(C(=O)C[C@H](c3ccc(OC)cc3)C2)[C@@H]1c1ccc(OC(C)=O)cc1. The van der Waals surface area contributed by atoms with Gasteiger partial charge in [-0.25, -0.2) is 4.79 Å². The van der Waals surface area contributed by atoms with E-state index in [0.29, 0.717) is 41.9 Å². The predicted molar refractivity (Wildman–Crippen MR) is 139 cm³/mol. The van der Waals surface area contributed by atoms with Gasteiger partial charge in [0, 0.05) is 36.2 Å². The lowest BCUT2D eigenvalue weighted by atomic mass is 9.71. The van der Waals surface area contributed by atoms with E-state index in [2.05, 4.69) is 5.32 Å². The second-order valence-corrected chi connectivity index (χ2v) is 9.58. The number of methoxy groups -OCH3 is 1. The normalized spacial score (nSPS) is 20.1. The molecule has 7 nitrogen and oxygen atoms in total. The van der Waals surface area contributed by atoms with Gasteiger partial charge in [-0.3, -0.25) is 9.59 Å². The van der Waals surface area contributed by atoms with Gasteiger partial charge in [0.15, 0.2) is 5.78 Å². The lowest BCUT2D eigenvalue weighted by Gasteiger charge is -2.37. The van der Waals surface area contributed by atoms with Gasteiger partial charge in [0.05, 0.1) is 18.8 Å². The fraction of sp³-hybridized carbons (Fsp3) is 0.367. The Hall–Kier alpha value is -3.87. The van der Waals surface area contributed by atoms with Crippen molar-refractivity contribution in [1.29, 1.82) is 0 Å². The van der Waals surface area contributed by atoms with E-state index in [9.17, 15) is 14.4 Å². The second kappa shape index (κ2) is 11.0. The van der Waals surface area contributed by atoms with Gasteiger partial charge in [0.2, 0.25) is 0 Å². The van der Waals surface area contributed by atoms with Crippen LogP contribution in [0.5, 0.6) is 11.5 Å². The molecule has 2 aliphatic rings. The topological polar surface area (TPSA) is 90.9 Å². The standard InChI is InChI=1S/C30H33NO6/c1-6-17(2)36-30(34)27-18(3)31-25-15-22(20-7-11-23(35-5)12-8-20)16-26(33)29(25)28(27)21-9-13-24(14-10-21)37-19(4)32/h7-14,17,22,28,31H,6,15-16H2,1-5H3/t17-,22+,28+/m0/s1. The summed E-state index contributed by atoms with van der Waals surface area (Å²) < 4.78 is 16.2. The number of esters is 2. The fourth-order valence-corrected chi connectivity index (χ4v) is 4.98. The van der Waals surface area contributed by atoms with E-state index < -0.39 is 17.9 Å². The maximum atomic E-state index is 13.7. The quantitative estimate of drug-likeness (QED) is 0.404. The Morgan fingerprint density at radius 1 is 1.00 bits per heavy atom. The van der Waals surface area contributed by atoms with E-state index in [4.69, 9.17) is 14.2 Å². The second-order valence-electron chi connectivity index (χ2n) is 9.58. The number of carbonyl (C=O) groups excluding carboxylic acids is 3.